The first-order valence-corrected chi connectivity index (χ1v) is 8.62. The molecule has 3 heteroatoms. The molecule has 24 heavy (non-hydrogen) atoms. The summed E-state index contributed by atoms with van der Waals surface area (Å²) in [6.07, 6.45) is 4.44. The van der Waals surface area contributed by atoms with Crippen LogP contribution in [-0.4, -0.2) is 24.2 Å². The van der Waals surface area contributed by atoms with Crippen molar-refractivity contribution in [3.8, 4) is 16.9 Å². The second-order valence-corrected chi connectivity index (χ2v) is 6.51. The molecule has 0 unspecified atom stereocenters. The number of ether oxygens (including phenoxy) is 1. The van der Waals surface area contributed by atoms with E-state index in [0.717, 1.165) is 42.8 Å². The van der Waals surface area contributed by atoms with Gasteiger partial charge < -0.3 is 10.1 Å². The van der Waals surface area contributed by atoms with Crippen LogP contribution in [0.1, 0.15) is 18.4 Å². The molecule has 0 bridgehead atoms. The maximum absolute atomic E-state index is 6.08. The highest BCUT2D eigenvalue weighted by molar-refractivity contribution is 5.84. The Bertz CT molecular complexity index is 836. The molecule has 4 rings (SSSR count). The molecule has 1 fully saturated rings. The lowest BCUT2D eigenvalue weighted by molar-refractivity contribution is 0.162. The van der Waals surface area contributed by atoms with Crippen molar-refractivity contribution in [2.75, 3.05) is 13.1 Å². The Balaban J connectivity index is 1.55. The van der Waals surface area contributed by atoms with E-state index in [0.29, 0.717) is 6.10 Å². The first kappa shape index (κ1) is 15.2. The summed E-state index contributed by atoms with van der Waals surface area (Å²) >= 11 is 0. The molecule has 0 aliphatic carbocycles. The van der Waals surface area contributed by atoms with E-state index in [1.54, 1.807) is 0 Å². The summed E-state index contributed by atoms with van der Waals surface area (Å²) in [4.78, 5) is 4.58. The minimum Gasteiger partial charge on any atom is -0.490 e. The molecule has 0 atom stereocenters. The normalized spacial score (nSPS) is 15.5. The summed E-state index contributed by atoms with van der Waals surface area (Å²) in [6.45, 7) is 4.20. The maximum Gasteiger partial charge on any atom is 0.119 e. The van der Waals surface area contributed by atoms with Crippen LogP contribution in [0.25, 0.3) is 22.0 Å². The van der Waals surface area contributed by atoms with Crippen molar-refractivity contribution in [1.29, 1.82) is 0 Å². The number of aryl methyl sites for hydroxylation is 1. The van der Waals surface area contributed by atoms with Crippen LogP contribution in [0.4, 0.5) is 0 Å². The van der Waals surface area contributed by atoms with E-state index in [1.165, 1.54) is 16.5 Å². The average molecular weight is 318 g/mol. The number of aromatic nitrogens is 1. The molecule has 1 aromatic heterocycles. The van der Waals surface area contributed by atoms with Crippen LogP contribution in [0.3, 0.4) is 0 Å². The smallest absolute Gasteiger partial charge is 0.119 e. The Morgan fingerprint density at radius 1 is 0.958 bits per heavy atom. The van der Waals surface area contributed by atoms with E-state index < -0.39 is 0 Å². The minimum absolute atomic E-state index is 0.336. The van der Waals surface area contributed by atoms with Crippen LogP contribution in [0.5, 0.6) is 5.75 Å². The lowest BCUT2D eigenvalue weighted by Crippen LogP contribution is -2.34. The summed E-state index contributed by atoms with van der Waals surface area (Å²) in [5.74, 6) is 0.954. The van der Waals surface area contributed by atoms with Gasteiger partial charge in [0.2, 0.25) is 0 Å². The predicted octanol–water partition coefficient (Wildman–Crippen LogP) is 4.34. The zero-order valence-electron chi connectivity index (χ0n) is 14.0. The Morgan fingerprint density at radius 2 is 1.75 bits per heavy atom. The molecular weight excluding hydrogens is 296 g/mol. The van der Waals surface area contributed by atoms with Crippen molar-refractivity contribution in [2.45, 2.75) is 25.9 Å². The number of rotatable bonds is 3. The molecule has 3 aromatic rings. The van der Waals surface area contributed by atoms with Crippen LogP contribution in [0.15, 0.2) is 54.7 Å². The van der Waals surface area contributed by atoms with Crippen LogP contribution in [0.2, 0.25) is 0 Å². The molecule has 3 nitrogen and oxygen atoms in total. The second kappa shape index (κ2) is 6.62. The fourth-order valence-electron chi connectivity index (χ4n) is 3.24. The molecule has 0 spiro atoms. The van der Waals surface area contributed by atoms with Gasteiger partial charge in [0.15, 0.2) is 0 Å². The largest absolute Gasteiger partial charge is 0.490 e. The third-order valence-corrected chi connectivity index (χ3v) is 4.61. The van der Waals surface area contributed by atoms with E-state index >= 15 is 0 Å². The first-order valence-electron chi connectivity index (χ1n) is 8.62. The average Bonchev–Trinajstić information content (AvgIpc) is 2.62. The highest BCUT2D eigenvalue weighted by atomic mass is 16.5. The minimum atomic E-state index is 0.336. The van der Waals surface area contributed by atoms with Crippen molar-refractivity contribution in [3.63, 3.8) is 0 Å². The molecule has 2 aromatic carbocycles. The number of hydrogen-bond acceptors (Lipinski definition) is 3. The van der Waals surface area contributed by atoms with Crippen LogP contribution >= 0.6 is 0 Å². The molecule has 0 saturated carbocycles. The molecule has 1 saturated heterocycles. The van der Waals surface area contributed by atoms with Gasteiger partial charge in [0.25, 0.3) is 0 Å². The maximum atomic E-state index is 6.08. The van der Waals surface area contributed by atoms with Gasteiger partial charge in [0.05, 0.1) is 5.52 Å². The summed E-state index contributed by atoms with van der Waals surface area (Å²) in [5.41, 5.74) is 4.60. The zero-order chi connectivity index (χ0) is 16.4. The predicted molar refractivity (Wildman–Crippen MR) is 98.4 cm³/mol. The molecule has 1 aliphatic rings. The SMILES string of the molecule is Cc1ccc2ncc(-c3ccc(OC4CCNCC4)cc3)cc2c1. The van der Waals surface area contributed by atoms with Crippen molar-refractivity contribution in [2.24, 2.45) is 0 Å². The molecule has 2 heterocycles. The molecule has 1 N–H and O–H groups in total. The second-order valence-electron chi connectivity index (χ2n) is 6.51. The first-order chi connectivity index (χ1) is 11.8. The molecule has 0 amide bonds. The quantitative estimate of drug-likeness (QED) is 0.780. The van der Waals surface area contributed by atoms with Crippen LogP contribution in [-0.2, 0) is 0 Å². The Labute approximate surface area is 142 Å². The van der Waals surface area contributed by atoms with Crippen LogP contribution < -0.4 is 10.1 Å². The number of nitrogens with one attached hydrogen (secondary N) is 1. The molecule has 122 valence electrons. The number of benzene rings is 2. The summed E-state index contributed by atoms with van der Waals surface area (Å²) in [7, 11) is 0. The number of piperidine rings is 1. The Kier molecular flexibility index (Phi) is 4.18. The number of hydrogen-bond donors (Lipinski definition) is 1. The van der Waals surface area contributed by atoms with Gasteiger partial charge >= 0.3 is 0 Å². The summed E-state index contributed by atoms with van der Waals surface area (Å²) in [6, 6.07) is 16.9. The van der Waals surface area contributed by atoms with Gasteiger partial charge in [-0.1, -0.05) is 23.8 Å². The fraction of sp³-hybridized carbons (Fsp3) is 0.286. The summed E-state index contributed by atoms with van der Waals surface area (Å²) in [5, 5.41) is 4.55. The number of fused-ring (bicyclic) bond motifs is 1. The third-order valence-electron chi connectivity index (χ3n) is 4.61. The zero-order valence-corrected chi connectivity index (χ0v) is 14.0. The number of nitrogens with zero attached hydrogens (tertiary/aromatic N) is 1. The monoisotopic (exact) mass is 318 g/mol. The lowest BCUT2D eigenvalue weighted by Gasteiger charge is -2.23. The van der Waals surface area contributed by atoms with E-state index in [-0.39, 0.29) is 0 Å². The molecule has 0 radical (unpaired) electrons. The van der Waals surface area contributed by atoms with Gasteiger partial charge in [-0.25, -0.2) is 0 Å². The third kappa shape index (κ3) is 3.26. The van der Waals surface area contributed by atoms with Gasteiger partial charge in [0, 0.05) is 17.1 Å². The lowest BCUT2D eigenvalue weighted by atomic mass is 10.0. The Hall–Kier alpha value is -2.39. The van der Waals surface area contributed by atoms with E-state index in [4.69, 9.17) is 4.74 Å². The van der Waals surface area contributed by atoms with E-state index in [1.807, 2.05) is 6.20 Å². The fourth-order valence-corrected chi connectivity index (χ4v) is 3.24. The summed E-state index contributed by atoms with van der Waals surface area (Å²) < 4.78 is 6.08. The highest BCUT2D eigenvalue weighted by Crippen LogP contribution is 2.26. The van der Waals surface area contributed by atoms with Gasteiger partial charge in [-0.3, -0.25) is 4.98 Å². The van der Waals surface area contributed by atoms with E-state index in [9.17, 15) is 0 Å². The van der Waals surface area contributed by atoms with Crippen molar-refractivity contribution < 1.29 is 4.74 Å². The topological polar surface area (TPSA) is 34.1 Å². The van der Waals surface area contributed by atoms with Gasteiger partial charge in [-0.05, 0) is 68.8 Å². The van der Waals surface area contributed by atoms with Crippen molar-refractivity contribution in [1.82, 2.24) is 10.3 Å². The van der Waals surface area contributed by atoms with Crippen LogP contribution in [0, 0.1) is 6.92 Å². The van der Waals surface area contributed by atoms with E-state index in [2.05, 4.69) is 65.8 Å². The van der Waals surface area contributed by atoms with Gasteiger partial charge in [-0.2, -0.15) is 0 Å². The van der Waals surface area contributed by atoms with Crippen molar-refractivity contribution in [3.05, 3.63) is 60.3 Å². The standard InChI is InChI=1S/C21H22N2O/c1-15-2-7-21-17(12-15)13-18(14-23-21)16-3-5-19(6-4-16)24-20-8-10-22-11-9-20/h2-7,12-14,20,22H,8-11H2,1H3. The molecule has 1 aliphatic heterocycles. The highest BCUT2D eigenvalue weighted by Gasteiger charge is 2.14. The van der Waals surface area contributed by atoms with Gasteiger partial charge in [-0.15, -0.1) is 0 Å². The Morgan fingerprint density at radius 3 is 2.54 bits per heavy atom. The van der Waals surface area contributed by atoms with Gasteiger partial charge in [0.1, 0.15) is 11.9 Å². The van der Waals surface area contributed by atoms with Crippen molar-refractivity contribution >= 4 is 10.9 Å². The number of pyridine rings is 1. The molecular formula is C21H22N2O.